The number of pyridine rings is 1. The molecule has 0 spiro atoms. The minimum absolute atomic E-state index is 0.115. The SMILES string of the molecule is COC(=O)c1ccc2c(c1)Cc1cc(Cc3ccsc3)nc(NC3CCC(NC(=O)OC(C)(C)C)CC3)c1-2. The second-order valence-corrected chi connectivity index (χ2v) is 12.0. The van der Waals surface area contributed by atoms with E-state index in [-0.39, 0.29) is 24.1 Å². The summed E-state index contributed by atoms with van der Waals surface area (Å²) in [5.74, 6) is 0.580. The molecule has 1 amide bonds. The predicted octanol–water partition coefficient (Wildman–Crippen LogP) is 6.34. The fraction of sp³-hybridized carbons (Fsp3) is 0.433. The Morgan fingerprint density at radius 2 is 1.82 bits per heavy atom. The summed E-state index contributed by atoms with van der Waals surface area (Å²) in [6, 6.07) is 10.5. The first-order valence-corrected chi connectivity index (χ1v) is 14.1. The van der Waals surface area contributed by atoms with Gasteiger partial charge in [-0.3, -0.25) is 0 Å². The summed E-state index contributed by atoms with van der Waals surface area (Å²) < 4.78 is 10.4. The third-order valence-electron chi connectivity index (χ3n) is 7.08. The number of methoxy groups -OCH3 is 1. The van der Waals surface area contributed by atoms with Crippen molar-refractivity contribution in [2.24, 2.45) is 0 Å². The molecule has 0 saturated heterocycles. The molecule has 0 unspecified atom stereocenters. The zero-order valence-electron chi connectivity index (χ0n) is 22.4. The molecule has 0 aliphatic heterocycles. The van der Waals surface area contributed by atoms with Crippen molar-refractivity contribution in [2.45, 2.75) is 77.0 Å². The van der Waals surface area contributed by atoms with Crippen molar-refractivity contribution >= 4 is 29.2 Å². The summed E-state index contributed by atoms with van der Waals surface area (Å²) in [6.07, 6.45) is 4.81. The van der Waals surface area contributed by atoms with Crippen molar-refractivity contribution in [1.82, 2.24) is 10.3 Å². The molecule has 2 heterocycles. The molecule has 8 heteroatoms. The Morgan fingerprint density at radius 3 is 2.50 bits per heavy atom. The van der Waals surface area contributed by atoms with E-state index >= 15 is 0 Å². The topological polar surface area (TPSA) is 89.5 Å². The average Bonchev–Trinajstić information content (AvgIpc) is 3.50. The summed E-state index contributed by atoms with van der Waals surface area (Å²) in [5, 5.41) is 11.0. The molecule has 1 fully saturated rings. The van der Waals surface area contributed by atoms with Gasteiger partial charge in [-0.25, -0.2) is 14.6 Å². The van der Waals surface area contributed by atoms with Gasteiger partial charge in [-0.15, -0.1) is 0 Å². The lowest BCUT2D eigenvalue weighted by molar-refractivity contribution is 0.0491. The fourth-order valence-corrected chi connectivity index (χ4v) is 6.05. The van der Waals surface area contributed by atoms with Crippen LogP contribution in [0.4, 0.5) is 10.6 Å². The number of nitrogens with one attached hydrogen (secondary N) is 2. The van der Waals surface area contributed by atoms with Crippen LogP contribution in [0, 0.1) is 0 Å². The zero-order chi connectivity index (χ0) is 26.9. The number of amides is 1. The van der Waals surface area contributed by atoms with E-state index in [0.29, 0.717) is 5.56 Å². The van der Waals surface area contributed by atoms with E-state index in [1.165, 1.54) is 18.2 Å². The molecular formula is C30H35N3O4S. The molecular weight excluding hydrogens is 498 g/mol. The monoisotopic (exact) mass is 533 g/mol. The number of esters is 1. The van der Waals surface area contributed by atoms with Crippen molar-refractivity contribution in [3.05, 3.63) is 69.0 Å². The molecule has 2 aliphatic carbocycles. The molecule has 2 aromatic heterocycles. The van der Waals surface area contributed by atoms with Crippen LogP contribution in [0.1, 0.15) is 79.2 Å². The molecule has 0 bridgehead atoms. The number of benzene rings is 1. The maximum absolute atomic E-state index is 12.2. The van der Waals surface area contributed by atoms with Gasteiger partial charge in [-0.1, -0.05) is 6.07 Å². The summed E-state index contributed by atoms with van der Waals surface area (Å²) in [7, 11) is 1.41. The Kier molecular flexibility index (Phi) is 7.43. The van der Waals surface area contributed by atoms with Gasteiger partial charge in [0.2, 0.25) is 0 Å². The molecule has 2 aliphatic rings. The van der Waals surface area contributed by atoms with Crippen LogP contribution >= 0.6 is 11.3 Å². The maximum atomic E-state index is 12.2. The van der Waals surface area contributed by atoms with Gasteiger partial charge >= 0.3 is 12.1 Å². The van der Waals surface area contributed by atoms with E-state index < -0.39 is 5.60 Å². The molecule has 38 heavy (non-hydrogen) atoms. The number of anilines is 1. The second kappa shape index (κ2) is 10.8. The van der Waals surface area contributed by atoms with Crippen molar-refractivity contribution < 1.29 is 19.1 Å². The van der Waals surface area contributed by atoms with E-state index in [1.807, 2.05) is 39.0 Å². The fourth-order valence-electron chi connectivity index (χ4n) is 5.38. The van der Waals surface area contributed by atoms with Crippen LogP contribution in [0.5, 0.6) is 0 Å². The number of nitrogens with zero attached hydrogens (tertiary/aromatic N) is 1. The first kappa shape index (κ1) is 26.2. The van der Waals surface area contributed by atoms with Gasteiger partial charge in [0.1, 0.15) is 11.4 Å². The number of hydrogen-bond donors (Lipinski definition) is 2. The van der Waals surface area contributed by atoms with Crippen LogP contribution in [0.15, 0.2) is 41.1 Å². The number of thiophene rings is 1. The highest BCUT2D eigenvalue weighted by atomic mass is 32.1. The van der Waals surface area contributed by atoms with Gasteiger partial charge in [0, 0.05) is 29.8 Å². The van der Waals surface area contributed by atoms with Gasteiger partial charge in [0.05, 0.1) is 12.7 Å². The Bertz CT molecular complexity index is 1320. The number of fused-ring (bicyclic) bond motifs is 3. The van der Waals surface area contributed by atoms with Crippen LogP contribution in [0.3, 0.4) is 0 Å². The Labute approximate surface area is 228 Å². The smallest absolute Gasteiger partial charge is 0.407 e. The van der Waals surface area contributed by atoms with E-state index in [0.717, 1.165) is 66.7 Å². The van der Waals surface area contributed by atoms with Crippen LogP contribution in [-0.4, -0.2) is 41.8 Å². The van der Waals surface area contributed by atoms with E-state index in [4.69, 9.17) is 14.5 Å². The van der Waals surface area contributed by atoms with Crippen LogP contribution < -0.4 is 10.6 Å². The van der Waals surface area contributed by atoms with E-state index in [1.54, 1.807) is 11.3 Å². The molecule has 7 nitrogen and oxygen atoms in total. The minimum Gasteiger partial charge on any atom is -0.465 e. The minimum atomic E-state index is -0.503. The molecule has 1 saturated carbocycles. The predicted molar refractivity (Wildman–Crippen MR) is 150 cm³/mol. The normalized spacial score (nSPS) is 18.3. The van der Waals surface area contributed by atoms with E-state index in [9.17, 15) is 9.59 Å². The lowest BCUT2D eigenvalue weighted by atomic mass is 9.91. The van der Waals surface area contributed by atoms with Crippen molar-refractivity contribution in [2.75, 3.05) is 12.4 Å². The third kappa shape index (κ3) is 6.01. The standard InChI is InChI=1S/C30H35N3O4S/c1-30(2,3)37-29(35)33-23-8-6-22(7-9-23)31-27-26-21(16-24(32-27)13-18-11-12-38-17-18)15-20-14-19(28(34)36-4)5-10-25(20)26/h5,10-12,14,16-17,22-23H,6-9,13,15H2,1-4H3,(H,31,32)(H,33,35). The second-order valence-electron chi connectivity index (χ2n) is 11.2. The highest BCUT2D eigenvalue weighted by Crippen LogP contribution is 2.42. The molecule has 0 radical (unpaired) electrons. The number of rotatable bonds is 6. The van der Waals surface area contributed by atoms with Crippen LogP contribution in [0.2, 0.25) is 0 Å². The molecule has 200 valence electrons. The maximum Gasteiger partial charge on any atom is 0.407 e. The quantitative estimate of drug-likeness (QED) is 0.281. The largest absolute Gasteiger partial charge is 0.465 e. The number of carbonyl (C=O) groups is 2. The zero-order valence-corrected chi connectivity index (χ0v) is 23.2. The van der Waals surface area contributed by atoms with Crippen LogP contribution in [0.25, 0.3) is 11.1 Å². The highest BCUT2D eigenvalue weighted by Gasteiger charge is 2.29. The highest BCUT2D eigenvalue weighted by molar-refractivity contribution is 7.07. The number of hydrogen-bond acceptors (Lipinski definition) is 7. The first-order chi connectivity index (χ1) is 18.2. The number of ether oxygens (including phenoxy) is 2. The van der Waals surface area contributed by atoms with Gasteiger partial charge in [-0.2, -0.15) is 11.3 Å². The Balaban J connectivity index is 1.35. The van der Waals surface area contributed by atoms with Gasteiger partial charge < -0.3 is 20.1 Å². The van der Waals surface area contributed by atoms with Gasteiger partial charge in [-0.05, 0) is 110 Å². The average molecular weight is 534 g/mol. The molecule has 3 aromatic rings. The van der Waals surface area contributed by atoms with Crippen molar-refractivity contribution in [3.63, 3.8) is 0 Å². The number of carbonyl (C=O) groups excluding carboxylic acids is 2. The molecule has 0 atom stereocenters. The molecule has 5 rings (SSSR count). The lowest BCUT2D eigenvalue weighted by Gasteiger charge is -2.31. The first-order valence-electron chi connectivity index (χ1n) is 13.2. The Hall–Kier alpha value is -3.39. The van der Waals surface area contributed by atoms with Gasteiger partial charge in [0.15, 0.2) is 0 Å². The molecule has 2 N–H and O–H groups in total. The van der Waals surface area contributed by atoms with Crippen LogP contribution in [-0.2, 0) is 22.3 Å². The summed E-state index contributed by atoms with van der Waals surface area (Å²) in [4.78, 5) is 29.4. The lowest BCUT2D eigenvalue weighted by Crippen LogP contribution is -2.42. The van der Waals surface area contributed by atoms with Crippen molar-refractivity contribution in [3.8, 4) is 11.1 Å². The molecule has 1 aromatic carbocycles. The Morgan fingerprint density at radius 1 is 1.05 bits per heavy atom. The third-order valence-corrected chi connectivity index (χ3v) is 7.82. The summed E-state index contributed by atoms with van der Waals surface area (Å²) >= 11 is 1.69. The summed E-state index contributed by atoms with van der Waals surface area (Å²) in [6.45, 7) is 5.62. The number of aromatic nitrogens is 1. The number of alkyl carbamates (subject to hydrolysis) is 1. The van der Waals surface area contributed by atoms with E-state index in [2.05, 4.69) is 33.5 Å². The van der Waals surface area contributed by atoms with Crippen molar-refractivity contribution in [1.29, 1.82) is 0 Å². The summed E-state index contributed by atoms with van der Waals surface area (Å²) in [5.41, 5.74) is 6.93. The van der Waals surface area contributed by atoms with Gasteiger partial charge in [0.25, 0.3) is 0 Å².